The summed E-state index contributed by atoms with van der Waals surface area (Å²) in [6, 6.07) is 7.96. The molecule has 0 saturated carbocycles. The number of rotatable bonds is 6. The van der Waals surface area contributed by atoms with E-state index >= 15 is 0 Å². The van der Waals surface area contributed by atoms with E-state index in [1.165, 1.54) is 12.0 Å². The summed E-state index contributed by atoms with van der Waals surface area (Å²) in [4.78, 5) is 30.4. The van der Waals surface area contributed by atoms with Crippen LogP contribution in [0.15, 0.2) is 35.5 Å². The van der Waals surface area contributed by atoms with Crippen molar-refractivity contribution in [1.29, 1.82) is 0 Å². The van der Waals surface area contributed by atoms with Crippen molar-refractivity contribution in [2.75, 3.05) is 26.2 Å². The van der Waals surface area contributed by atoms with Crippen LogP contribution in [0.3, 0.4) is 0 Å². The number of amides is 2. The van der Waals surface area contributed by atoms with E-state index in [9.17, 15) is 9.59 Å². The van der Waals surface area contributed by atoms with Gasteiger partial charge in [0.15, 0.2) is 0 Å². The Morgan fingerprint density at radius 1 is 1.16 bits per heavy atom. The van der Waals surface area contributed by atoms with Crippen molar-refractivity contribution in [1.82, 2.24) is 15.1 Å². The number of ether oxygens (including phenoxy) is 1. The summed E-state index contributed by atoms with van der Waals surface area (Å²) in [5.41, 5.74) is 3.46. The second-order valence-electron chi connectivity index (χ2n) is 9.89. The minimum atomic E-state index is -0.520. The Labute approximate surface area is 193 Å². The monoisotopic (exact) mass is 441 g/mol. The Kier molecular flexibility index (Phi) is 7.65. The smallest absolute Gasteiger partial charge is 0.338 e. The Morgan fingerprint density at radius 3 is 2.41 bits per heavy atom. The van der Waals surface area contributed by atoms with E-state index in [0.717, 1.165) is 30.6 Å². The van der Waals surface area contributed by atoms with Gasteiger partial charge in [-0.25, -0.2) is 9.59 Å². The third-order valence-corrected chi connectivity index (χ3v) is 6.65. The molecular formula is C26H39N3O3. The normalized spacial score (nSPS) is 22.7. The fourth-order valence-corrected chi connectivity index (χ4v) is 4.67. The first-order valence-corrected chi connectivity index (χ1v) is 12.0. The van der Waals surface area contributed by atoms with E-state index in [-0.39, 0.29) is 17.4 Å². The molecule has 2 amide bonds. The second kappa shape index (κ2) is 10.1. The van der Waals surface area contributed by atoms with Crippen molar-refractivity contribution >= 4 is 12.0 Å². The van der Waals surface area contributed by atoms with Gasteiger partial charge in [-0.15, -0.1) is 0 Å². The van der Waals surface area contributed by atoms with Crippen LogP contribution in [0.25, 0.3) is 0 Å². The minimum absolute atomic E-state index is 0.0305. The molecule has 1 aromatic carbocycles. The van der Waals surface area contributed by atoms with Crippen molar-refractivity contribution < 1.29 is 14.3 Å². The first-order valence-electron chi connectivity index (χ1n) is 12.0. The molecule has 6 heteroatoms. The van der Waals surface area contributed by atoms with Gasteiger partial charge in [-0.2, -0.15) is 0 Å². The molecule has 0 unspecified atom stereocenters. The first kappa shape index (κ1) is 24.3. The summed E-state index contributed by atoms with van der Waals surface area (Å²) in [5.74, 6) is -0.351. The van der Waals surface area contributed by atoms with Gasteiger partial charge in [0.05, 0.1) is 18.2 Å². The van der Waals surface area contributed by atoms with Crippen molar-refractivity contribution in [2.24, 2.45) is 0 Å². The van der Waals surface area contributed by atoms with Gasteiger partial charge in [0, 0.05) is 24.8 Å². The lowest BCUT2D eigenvalue weighted by Crippen LogP contribution is -2.52. The molecule has 6 nitrogen and oxygen atoms in total. The van der Waals surface area contributed by atoms with E-state index in [2.05, 4.69) is 50.0 Å². The Hall–Kier alpha value is -2.34. The zero-order chi connectivity index (χ0) is 23.5. The van der Waals surface area contributed by atoms with E-state index < -0.39 is 6.04 Å². The summed E-state index contributed by atoms with van der Waals surface area (Å²) in [5, 5.41) is 3.07. The molecule has 176 valence electrons. The molecule has 0 bridgehead atoms. The fraction of sp³-hybridized carbons (Fsp3) is 0.615. The van der Waals surface area contributed by atoms with Gasteiger partial charge in [0.2, 0.25) is 0 Å². The quantitative estimate of drug-likeness (QED) is 0.647. The number of carbonyl (C=O) groups excluding carboxylic acids is 2. The average molecular weight is 442 g/mol. The second-order valence-corrected chi connectivity index (χ2v) is 9.89. The number of urea groups is 1. The van der Waals surface area contributed by atoms with Crippen LogP contribution in [0.2, 0.25) is 0 Å². The number of likely N-dealkylation sites (tertiary alicyclic amines) is 1. The Morgan fingerprint density at radius 2 is 1.84 bits per heavy atom. The van der Waals surface area contributed by atoms with Crippen molar-refractivity contribution in [3.05, 3.63) is 46.7 Å². The first-order chi connectivity index (χ1) is 15.2. The van der Waals surface area contributed by atoms with Crippen LogP contribution in [-0.2, 0) is 14.9 Å². The topological polar surface area (TPSA) is 61.9 Å². The maximum absolute atomic E-state index is 13.2. The summed E-state index contributed by atoms with van der Waals surface area (Å²) in [7, 11) is 0. The predicted octanol–water partition coefficient (Wildman–Crippen LogP) is 4.76. The number of piperidine rings is 1. The number of carbonyl (C=O) groups is 2. The van der Waals surface area contributed by atoms with Crippen molar-refractivity contribution in [3.63, 3.8) is 0 Å². The van der Waals surface area contributed by atoms with Gasteiger partial charge in [-0.05, 0) is 56.7 Å². The number of hydrogen-bond acceptors (Lipinski definition) is 4. The molecule has 0 aromatic heterocycles. The molecule has 1 aromatic rings. The van der Waals surface area contributed by atoms with Crippen LogP contribution in [0, 0.1) is 0 Å². The maximum atomic E-state index is 13.2. The summed E-state index contributed by atoms with van der Waals surface area (Å²) in [6.45, 7) is 14.9. The average Bonchev–Trinajstić information content (AvgIpc) is 2.74. The number of benzene rings is 1. The highest BCUT2D eigenvalue weighted by Gasteiger charge is 2.39. The fourth-order valence-electron chi connectivity index (χ4n) is 4.67. The van der Waals surface area contributed by atoms with E-state index in [0.29, 0.717) is 31.3 Å². The lowest BCUT2D eigenvalue weighted by molar-refractivity contribution is -0.139. The number of nitrogens with zero attached hydrogens (tertiary/aromatic N) is 2. The number of hydrogen-bond donors (Lipinski definition) is 1. The molecule has 1 saturated heterocycles. The SMILES string of the molecule is CCOC(=O)C1=C(CN2CCCC[C@@H]2C)N(CC)C(=O)N[C@@H]1c1ccc(C(C)(C)C)cc1. The number of nitrogens with one attached hydrogen (secondary N) is 1. The molecule has 0 aliphatic carbocycles. The van der Waals surface area contributed by atoms with Gasteiger partial charge >= 0.3 is 12.0 Å². The predicted molar refractivity (Wildman–Crippen MR) is 127 cm³/mol. The lowest BCUT2D eigenvalue weighted by atomic mass is 9.85. The lowest BCUT2D eigenvalue weighted by Gasteiger charge is -2.40. The molecule has 0 radical (unpaired) electrons. The Balaban J connectivity index is 2.08. The zero-order valence-corrected chi connectivity index (χ0v) is 20.5. The maximum Gasteiger partial charge on any atom is 0.338 e. The van der Waals surface area contributed by atoms with Crippen molar-refractivity contribution in [2.45, 2.75) is 78.3 Å². The third-order valence-electron chi connectivity index (χ3n) is 6.65. The van der Waals surface area contributed by atoms with E-state index in [1.807, 2.05) is 26.0 Å². The zero-order valence-electron chi connectivity index (χ0n) is 20.5. The highest BCUT2D eigenvalue weighted by molar-refractivity contribution is 5.95. The highest BCUT2D eigenvalue weighted by Crippen LogP contribution is 2.34. The van der Waals surface area contributed by atoms with Crippen LogP contribution in [0.4, 0.5) is 4.79 Å². The highest BCUT2D eigenvalue weighted by atomic mass is 16.5. The standard InChI is InChI=1S/C26H39N3O3/c1-7-29-21(17-28-16-10-9-11-18(28)3)22(24(30)32-8-2)23(27-25(29)31)19-12-14-20(15-13-19)26(4,5)6/h12-15,18,23H,7-11,16-17H2,1-6H3,(H,27,31)/t18-,23+/m0/s1. The molecule has 1 fully saturated rings. The van der Waals surface area contributed by atoms with Crippen LogP contribution in [0.5, 0.6) is 0 Å². The van der Waals surface area contributed by atoms with Gasteiger partial charge in [0.25, 0.3) is 0 Å². The number of likely N-dealkylation sites (N-methyl/N-ethyl adjacent to an activating group) is 1. The number of esters is 1. The molecule has 2 aliphatic rings. The van der Waals surface area contributed by atoms with Gasteiger partial charge < -0.3 is 10.1 Å². The Bertz CT molecular complexity index is 854. The summed E-state index contributed by atoms with van der Waals surface area (Å²) < 4.78 is 5.49. The molecule has 2 aliphatic heterocycles. The molecular weight excluding hydrogens is 402 g/mol. The van der Waals surface area contributed by atoms with Gasteiger partial charge in [0.1, 0.15) is 0 Å². The van der Waals surface area contributed by atoms with Crippen molar-refractivity contribution in [3.8, 4) is 0 Å². The minimum Gasteiger partial charge on any atom is -0.463 e. The van der Waals surface area contributed by atoms with Crippen LogP contribution >= 0.6 is 0 Å². The summed E-state index contributed by atoms with van der Waals surface area (Å²) in [6.07, 6.45) is 3.50. The summed E-state index contributed by atoms with van der Waals surface area (Å²) >= 11 is 0. The molecule has 0 spiro atoms. The molecule has 3 rings (SSSR count). The molecule has 32 heavy (non-hydrogen) atoms. The largest absolute Gasteiger partial charge is 0.463 e. The molecule has 1 N–H and O–H groups in total. The third kappa shape index (κ3) is 5.17. The van der Waals surface area contributed by atoms with Gasteiger partial charge in [-0.3, -0.25) is 9.80 Å². The molecule has 2 heterocycles. The molecule has 2 atom stereocenters. The van der Waals surface area contributed by atoms with Crippen LogP contribution < -0.4 is 5.32 Å². The van der Waals surface area contributed by atoms with Crippen LogP contribution in [0.1, 0.15) is 78.0 Å². The van der Waals surface area contributed by atoms with Gasteiger partial charge in [-0.1, -0.05) is 51.5 Å². The van der Waals surface area contributed by atoms with E-state index in [1.54, 1.807) is 4.90 Å². The van der Waals surface area contributed by atoms with Crippen LogP contribution in [-0.4, -0.2) is 54.1 Å². The van der Waals surface area contributed by atoms with E-state index in [4.69, 9.17) is 4.74 Å².